The second-order valence-corrected chi connectivity index (χ2v) is 5.60. The van der Waals surface area contributed by atoms with E-state index >= 15 is 0 Å². The van der Waals surface area contributed by atoms with E-state index in [4.69, 9.17) is 0 Å². The summed E-state index contributed by atoms with van der Waals surface area (Å²) in [7, 11) is 0. The third kappa shape index (κ3) is 2.68. The predicted molar refractivity (Wildman–Crippen MR) is 85.3 cm³/mol. The van der Waals surface area contributed by atoms with Crippen LogP contribution in [0.1, 0.15) is 18.5 Å². The van der Waals surface area contributed by atoms with Gasteiger partial charge in [-0.05, 0) is 43.2 Å². The van der Waals surface area contributed by atoms with Crippen molar-refractivity contribution in [3.63, 3.8) is 0 Å². The molecular weight excluding hydrogens is 318 g/mol. The maximum Gasteiger partial charge on any atom is 0.329 e. The average molecular weight is 332 g/mol. The summed E-state index contributed by atoms with van der Waals surface area (Å²) in [6.07, 6.45) is 0.296. The van der Waals surface area contributed by atoms with Gasteiger partial charge >= 0.3 is 5.69 Å². The van der Waals surface area contributed by atoms with E-state index in [0.29, 0.717) is 6.42 Å². The van der Waals surface area contributed by atoms with E-state index in [9.17, 15) is 23.5 Å². The Bertz CT molecular complexity index is 1020. The Morgan fingerprint density at radius 3 is 2.46 bits per heavy atom. The SMILES string of the molecule is CC(Cc1ccc(F)cc1)n1c(=O)[nH]c2ccc(F)c(O)c2c1=O. The lowest BCUT2D eigenvalue weighted by molar-refractivity contribution is 0.436. The van der Waals surface area contributed by atoms with Gasteiger partial charge in [0.15, 0.2) is 11.6 Å². The number of aromatic nitrogens is 2. The van der Waals surface area contributed by atoms with E-state index in [1.807, 2.05) is 0 Å². The summed E-state index contributed by atoms with van der Waals surface area (Å²) in [6.45, 7) is 1.64. The minimum absolute atomic E-state index is 0.0640. The molecule has 0 aliphatic carbocycles. The largest absolute Gasteiger partial charge is 0.504 e. The molecule has 0 aliphatic rings. The Labute approximate surface area is 134 Å². The highest BCUT2D eigenvalue weighted by molar-refractivity contribution is 5.83. The number of nitrogens with zero attached hydrogens (tertiary/aromatic N) is 1. The highest BCUT2D eigenvalue weighted by Crippen LogP contribution is 2.23. The zero-order chi connectivity index (χ0) is 17.4. The highest BCUT2D eigenvalue weighted by Gasteiger charge is 2.18. The standard InChI is InChI=1S/C17H14F2N2O3/c1-9(8-10-2-4-11(18)5-3-10)21-16(23)14-13(20-17(21)24)7-6-12(19)15(14)22/h2-7,9,22H,8H2,1H3,(H,20,24). The van der Waals surface area contributed by atoms with Crippen molar-refractivity contribution >= 4 is 10.9 Å². The first-order chi connectivity index (χ1) is 11.4. The van der Waals surface area contributed by atoms with Crippen LogP contribution in [0.5, 0.6) is 5.75 Å². The van der Waals surface area contributed by atoms with Crippen molar-refractivity contribution in [2.24, 2.45) is 0 Å². The van der Waals surface area contributed by atoms with Gasteiger partial charge < -0.3 is 10.1 Å². The molecule has 0 spiro atoms. The van der Waals surface area contributed by atoms with Crippen molar-refractivity contribution in [3.8, 4) is 5.75 Å². The van der Waals surface area contributed by atoms with E-state index in [2.05, 4.69) is 4.98 Å². The van der Waals surface area contributed by atoms with Gasteiger partial charge in [0.2, 0.25) is 0 Å². The number of halogens is 2. The van der Waals surface area contributed by atoms with Crippen LogP contribution in [-0.2, 0) is 6.42 Å². The number of rotatable bonds is 3. The predicted octanol–water partition coefficient (Wildman–Crippen LogP) is 2.48. The second-order valence-electron chi connectivity index (χ2n) is 5.60. The number of H-pyrrole nitrogens is 1. The third-order valence-corrected chi connectivity index (χ3v) is 3.91. The summed E-state index contributed by atoms with van der Waals surface area (Å²) in [4.78, 5) is 27.2. The number of phenolic OH excluding ortho intramolecular Hbond substituents is 1. The molecule has 0 radical (unpaired) electrons. The number of benzene rings is 2. The quantitative estimate of drug-likeness (QED) is 0.774. The molecule has 2 aromatic carbocycles. The molecule has 0 saturated heterocycles. The summed E-state index contributed by atoms with van der Waals surface area (Å²) in [5, 5.41) is 9.53. The van der Waals surface area contributed by atoms with Crippen molar-refractivity contribution in [2.45, 2.75) is 19.4 Å². The summed E-state index contributed by atoms with van der Waals surface area (Å²) >= 11 is 0. The summed E-state index contributed by atoms with van der Waals surface area (Å²) in [6, 6.07) is 7.32. The smallest absolute Gasteiger partial charge is 0.329 e. The molecule has 1 heterocycles. The normalized spacial score (nSPS) is 12.5. The van der Waals surface area contributed by atoms with Gasteiger partial charge in [-0.1, -0.05) is 12.1 Å². The molecule has 1 aromatic heterocycles. The molecule has 0 saturated carbocycles. The molecule has 124 valence electrons. The van der Waals surface area contributed by atoms with Gasteiger partial charge in [-0.25, -0.2) is 13.6 Å². The van der Waals surface area contributed by atoms with Crippen LogP contribution >= 0.6 is 0 Å². The molecule has 7 heteroatoms. The van der Waals surface area contributed by atoms with Crippen molar-refractivity contribution in [1.29, 1.82) is 0 Å². The van der Waals surface area contributed by atoms with Crippen LogP contribution in [0.3, 0.4) is 0 Å². The lowest BCUT2D eigenvalue weighted by Gasteiger charge is -2.15. The zero-order valence-electron chi connectivity index (χ0n) is 12.7. The molecule has 24 heavy (non-hydrogen) atoms. The van der Waals surface area contributed by atoms with Gasteiger partial charge in [0, 0.05) is 6.04 Å². The van der Waals surface area contributed by atoms with Gasteiger partial charge in [0.25, 0.3) is 5.56 Å². The fraction of sp³-hybridized carbons (Fsp3) is 0.176. The second kappa shape index (κ2) is 5.92. The van der Waals surface area contributed by atoms with Crippen molar-refractivity contribution in [3.05, 3.63) is 74.4 Å². The average Bonchev–Trinajstić information content (AvgIpc) is 2.53. The number of aromatic amines is 1. The van der Waals surface area contributed by atoms with Crippen molar-refractivity contribution < 1.29 is 13.9 Å². The number of phenols is 1. The Morgan fingerprint density at radius 1 is 1.12 bits per heavy atom. The minimum atomic E-state index is -0.940. The van der Waals surface area contributed by atoms with Crippen molar-refractivity contribution in [1.82, 2.24) is 9.55 Å². The Balaban J connectivity index is 2.11. The summed E-state index contributed by atoms with van der Waals surface area (Å²) < 4.78 is 27.4. The topological polar surface area (TPSA) is 75.1 Å². The van der Waals surface area contributed by atoms with Crippen LogP contribution in [0.2, 0.25) is 0 Å². The first-order valence-corrected chi connectivity index (χ1v) is 7.29. The first-order valence-electron chi connectivity index (χ1n) is 7.29. The van der Waals surface area contributed by atoms with Crippen LogP contribution in [-0.4, -0.2) is 14.7 Å². The number of fused-ring (bicyclic) bond motifs is 1. The molecular formula is C17H14F2N2O3. The molecule has 0 aliphatic heterocycles. The lowest BCUT2D eigenvalue weighted by atomic mass is 10.1. The Hall–Kier alpha value is -2.96. The van der Waals surface area contributed by atoms with E-state index in [0.717, 1.165) is 16.2 Å². The fourth-order valence-electron chi connectivity index (χ4n) is 2.73. The highest BCUT2D eigenvalue weighted by atomic mass is 19.1. The minimum Gasteiger partial charge on any atom is -0.504 e. The molecule has 1 unspecified atom stereocenters. The van der Waals surface area contributed by atoms with E-state index in [-0.39, 0.29) is 16.7 Å². The number of hydrogen-bond acceptors (Lipinski definition) is 3. The van der Waals surface area contributed by atoms with Gasteiger partial charge in [-0.3, -0.25) is 9.36 Å². The van der Waals surface area contributed by atoms with Gasteiger partial charge in [-0.2, -0.15) is 0 Å². The maximum atomic E-state index is 13.5. The Kier molecular flexibility index (Phi) is 3.92. The molecule has 3 rings (SSSR count). The lowest BCUT2D eigenvalue weighted by Crippen LogP contribution is -2.38. The molecule has 5 nitrogen and oxygen atoms in total. The molecule has 0 bridgehead atoms. The Morgan fingerprint density at radius 2 is 1.79 bits per heavy atom. The van der Waals surface area contributed by atoms with Gasteiger partial charge in [-0.15, -0.1) is 0 Å². The van der Waals surface area contributed by atoms with E-state index in [1.54, 1.807) is 19.1 Å². The van der Waals surface area contributed by atoms with Crippen LogP contribution in [0.4, 0.5) is 8.78 Å². The third-order valence-electron chi connectivity index (χ3n) is 3.91. The van der Waals surface area contributed by atoms with Gasteiger partial charge in [0.05, 0.1) is 5.52 Å². The van der Waals surface area contributed by atoms with Crippen LogP contribution in [0, 0.1) is 11.6 Å². The fourth-order valence-corrected chi connectivity index (χ4v) is 2.73. The molecule has 2 N–H and O–H groups in total. The molecule has 0 amide bonds. The molecule has 0 fully saturated rings. The summed E-state index contributed by atoms with van der Waals surface area (Å²) in [5.74, 6) is -2.12. The van der Waals surface area contributed by atoms with Crippen LogP contribution in [0.25, 0.3) is 10.9 Å². The van der Waals surface area contributed by atoms with Crippen LogP contribution in [0.15, 0.2) is 46.0 Å². The van der Waals surface area contributed by atoms with E-state index in [1.165, 1.54) is 18.2 Å². The number of aromatic hydroxyl groups is 1. The number of hydrogen-bond donors (Lipinski definition) is 2. The first kappa shape index (κ1) is 15.9. The van der Waals surface area contributed by atoms with Crippen molar-refractivity contribution in [2.75, 3.05) is 0 Å². The van der Waals surface area contributed by atoms with Crippen LogP contribution < -0.4 is 11.2 Å². The molecule has 3 aromatic rings. The monoisotopic (exact) mass is 332 g/mol. The van der Waals surface area contributed by atoms with Gasteiger partial charge in [0.1, 0.15) is 11.2 Å². The zero-order valence-corrected chi connectivity index (χ0v) is 12.7. The maximum absolute atomic E-state index is 13.5. The van der Waals surface area contributed by atoms with E-state index < -0.39 is 28.9 Å². The molecule has 1 atom stereocenters. The summed E-state index contributed by atoms with van der Waals surface area (Å²) in [5.41, 5.74) is -0.638. The number of nitrogens with one attached hydrogen (secondary N) is 1.